The Labute approximate surface area is 185 Å². The van der Waals surface area contributed by atoms with Gasteiger partial charge in [0.2, 0.25) is 11.7 Å². The SMILES string of the molecule is CC(=O)O.CN(C)CCOC(=O)C1=C(NN(C)C)OC(=Cc2c[nH]c3ncccc23)C1=O. The molecule has 0 radical (unpaired) electrons. The van der Waals surface area contributed by atoms with Crippen LogP contribution in [0.25, 0.3) is 17.1 Å². The maximum absolute atomic E-state index is 12.9. The number of nitrogens with one attached hydrogen (secondary N) is 2. The number of ketones is 1. The van der Waals surface area contributed by atoms with Gasteiger partial charge in [0.05, 0.1) is 0 Å². The summed E-state index contributed by atoms with van der Waals surface area (Å²) in [6.07, 6.45) is 4.99. The lowest BCUT2D eigenvalue weighted by Crippen LogP contribution is -2.31. The van der Waals surface area contributed by atoms with Gasteiger partial charge in [-0.3, -0.25) is 15.0 Å². The average Bonchev–Trinajstić information content (AvgIpc) is 3.22. The van der Waals surface area contributed by atoms with Crippen LogP contribution < -0.4 is 5.43 Å². The number of nitrogens with zero attached hydrogens (tertiary/aromatic N) is 3. The van der Waals surface area contributed by atoms with Crippen LogP contribution in [0.5, 0.6) is 0 Å². The fourth-order valence-electron chi connectivity index (χ4n) is 2.63. The van der Waals surface area contributed by atoms with Gasteiger partial charge in [-0.25, -0.2) is 14.8 Å². The molecule has 0 atom stereocenters. The van der Waals surface area contributed by atoms with Gasteiger partial charge in [-0.15, -0.1) is 0 Å². The van der Waals surface area contributed by atoms with Gasteiger partial charge in [0.15, 0.2) is 11.3 Å². The number of fused-ring (bicyclic) bond motifs is 1. The van der Waals surface area contributed by atoms with Gasteiger partial charge >= 0.3 is 5.97 Å². The van der Waals surface area contributed by atoms with Crippen molar-refractivity contribution in [2.24, 2.45) is 0 Å². The Balaban J connectivity index is 0.000000837. The van der Waals surface area contributed by atoms with Crippen molar-refractivity contribution in [2.45, 2.75) is 6.92 Å². The van der Waals surface area contributed by atoms with Crippen LogP contribution in [0.1, 0.15) is 12.5 Å². The number of ether oxygens (including phenoxy) is 2. The Bertz CT molecular complexity index is 1050. The third-order valence-corrected chi connectivity index (χ3v) is 3.96. The molecule has 3 N–H and O–H groups in total. The zero-order valence-corrected chi connectivity index (χ0v) is 18.6. The molecule has 2 aromatic heterocycles. The molecule has 1 aliphatic heterocycles. The van der Waals surface area contributed by atoms with E-state index in [4.69, 9.17) is 19.4 Å². The highest BCUT2D eigenvalue weighted by Crippen LogP contribution is 2.28. The van der Waals surface area contributed by atoms with Crippen molar-refractivity contribution < 1.29 is 29.0 Å². The van der Waals surface area contributed by atoms with E-state index >= 15 is 0 Å². The quantitative estimate of drug-likeness (QED) is 0.245. The molecule has 0 bridgehead atoms. The summed E-state index contributed by atoms with van der Waals surface area (Å²) in [5.74, 6) is -2.00. The second-order valence-electron chi connectivity index (χ2n) is 7.25. The Morgan fingerprint density at radius 3 is 2.62 bits per heavy atom. The van der Waals surface area contributed by atoms with Crippen molar-refractivity contribution in [3.63, 3.8) is 0 Å². The van der Waals surface area contributed by atoms with E-state index in [1.807, 2.05) is 25.1 Å². The number of rotatable bonds is 7. The molecule has 0 saturated carbocycles. The number of aromatic nitrogens is 2. The number of pyridine rings is 1. The first-order valence-electron chi connectivity index (χ1n) is 9.66. The molecule has 0 unspecified atom stereocenters. The predicted molar refractivity (Wildman–Crippen MR) is 117 cm³/mol. The molecule has 0 aromatic carbocycles. The number of likely N-dealkylation sites (N-methyl/N-ethyl adjacent to an activating group) is 1. The summed E-state index contributed by atoms with van der Waals surface area (Å²) in [4.78, 5) is 43.5. The first-order chi connectivity index (χ1) is 15.1. The van der Waals surface area contributed by atoms with Crippen LogP contribution in [0.4, 0.5) is 0 Å². The lowest BCUT2D eigenvalue weighted by molar-refractivity contribution is -0.140. The van der Waals surface area contributed by atoms with E-state index in [2.05, 4.69) is 15.4 Å². The molecule has 0 spiro atoms. The van der Waals surface area contributed by atoms with Crippen molar-refractivity contribution in [2.75, 3.05) is 41.3 Å². The number of hydrogen-bond donors (Lipinski definition) is 3. The van der Waals surface area contributed by atoms with Gasteiger partial charge in [-0.2, -0.15) is 0 Å². The fourth-order valence-corrected chi connectivity index (χ4v) is 2.63. The van der Waals surface area contributed by atoms with Gasteiger partial charge in [-0.05, 0) is 32.3 Å². The maximum atomic E-state index is 12.9. The van der Waals surface area contributed by atoms with E-state index in [1.165, 1.54) is 0 Å². The Hall–Kier alpha value is -3.70. The summed E-state index contributed by atoms with van der Waals surface area (Å²) >= 11 is 0. The normalized spacial score (nSPS) is 14.6. The minimum Gasteiger partial charge on any atom is -0.481 e. The molecule has 0 saturated heterocycles. The molecule has 0 aliphatic carbocycles. The van der Waals surface area contributed by atoms with E-state index in [-0.39, 0.29) is 23.8 Å². The first kappa shape index (κ1) is 24.6. The summed E-state index contributed by atoms with van der Waals surface area (Å²) in [6, 6.07) is 3.69. The number of carbonyl (C=O) groups excluding carboxylic acids is 2. The maximum Gasteiger partial charge on any atom is 0.347 e. The standard InChI is InChI=1S/C19H23N5O4.C2H4O2/c1-23(2)8-9-27-19(26)15-16(25)14(28-18(15)22-24(3)4)10-12-11-21-17-13(12)6-5-7-20-17;1-2(3)4/h5-7,10-11,22H,8-9H2,1-4H3,(H,20,21);1H3,(H,3,4). The third kappa shape index (κ3) is 6.65. The van der Waals surface area contributed by atoms with E-state index in [0.29, 0.717) is 12.2 Å². The topological polar surface area (TPSA) is 137 Å². The van der Waals surface area contributed by atoms with Crippen LogP contribution in [0.3, 0.4) is 0 Å². The van der Waals surface area contributed by atoms with Crippen molar-refractivity contribution >= 4 is 34.8 Å². The molecular weight excluding hydrogens is 418 g/mol. The Kier molecular flexibility index (Phi) is 8.50. The number of carboxylic acid groups (broad SMARTS) is 1. The first-order valence-corrected chi connectivity index (χ1v) is 9.66. The molecule has 2 aromatic rings. The summed E-state index contributed by atoms with van der Waals surface area (Å²) < 4.78 is 10.9. The third-order valence-electron chi connectivity index (χ3n) is 3.96. The Morgan fingerprint density at radius 1 is 1.31 bits per heavy atom. The van der Waals surface area contributed by atoms with Crippen molar-refractivity contribution in [1.29, 1.82) is 0 Å². The number of carboxylic acids is 1. The van der Waals surface area contributed by atoms with Crippen molar-refractivity contribution in [3.8, 4) is 0 Å². The average molecular weight is 445 g/mol. The highest BCUT2D eigenvalue weighted by Gasteiger charge is 2.37. The molecule has 1 aliphatic rings. The van der Waals surface area contributed by atoms with Crippen LogP contribution in [-0.2, 0) is 23.9 Å². The zero-order chi connectivity index (χ0) is 23.8. The number of aromatic amines is 1. The predicted octanol–water partition coefficient (Wildman–Crippen LogP) is 0.977. The largest absolute Gasteiger partial charge is 0.481 e. The molecule has 0 amide bonds. The molecule has 11 nitrogen and oxygen atoms in total. The number of Topliss-reactive ketones (excluding diaryl/α,β-unsaturated/α-hetero) is 1. The minimum atomic E-state index is -0.833. The molecule has 11 heteroatoms. The van der Waals surface area contributed by atoms with Crippen LogP contribution in [0, 0.1) is 0 Å². The number of allylic oxidation sites excluding steroid dienone is 1. The van der Waals surface area contributed by atoms with Gasteiger partial charge in [0.1, 0.15) is 12.3 Å². The van der Waals surface area contributed by atoms with E-state index in [1.54, 1.807) is 43.6 Å². The molecule has 0 fully saturated rings. The van der Waals surface area contributed by atoms with Crippen LogP contribution >= 0.6 is 0 Å². The van der Waals surface area contributed by atoms with Crippen LogP contribution in [0.2, 0.25) is 0 Å². The summed E-state index contributed by atoms with van der Waals surface area (Å²) in [6.45, 7) is 1.81. The minimum absolute atomic E-state index is 0.0358. The van der Waals surface area contributed by atoms with Crippen LogP contribution in [-0.4, -0.2) is 84.0 Å². The molecule has 172 valence electrons. The second kappa shape index (κ2) is 11.1. The number of carbonyl (C=O) groups is 3. The molecule has 3 rings (SSSR count). The van der Waals surface area contributed by atoms with Crippen molar-refractivity contribution in [1.82, 2.24) is 25.3 Å². The van der Waals surface area contributed by atoms with E-state index in [9.17, 15) is 9.59 Å². The summed E-state index contributed by atoms with van der Waals surface area (Å²) in [5, 5.41) is 9.84. The van der Waals surface area contributed by atoms with Gasteiger partial charge in [-0.1, -0.05) is 0 Å². The lowest BCUT2D eigenvalue weighted by Gasteiger charge is -2.14. The number of aliphatic carboxylic acids is 1. The number of esters is 1. The number of hydrazine groups is 1. The van der Waals surface area contributed by atoms with Crippen molar-refractivity contribution in [3.05, 3.63) is 47.3 Å². The highest BCUT2D eigenvalue weighted by molar-refractivity contribution is 6.26. The number of hydrogen-bond acceptors (Lipinski definition) is 9. The smallest absolute Gasteiger partial charge is 0.347 e. The van der Waals surface area contributed by atoms with Crippen LogP contribution in [0.15, 0.2) is 41.7 Å². The van der Waals surface area contributed by atoms with E-state index in [0.717, 1.165) is 17.9 Å². The molecular formula is C21H27N5O6. The number of H-pyrrole nitrogens is 1. The molecule has 3 heterocycles. The zero-order valence-electron chi connectivity index (χ0n) is 18.6. The highest BCUT2D eigenvalue weighted by atomic mass is 16.5. The van der Waals surface area contributed by atoms with Gasteiger partial charge < -0.3 is 24.5 Å². The summed E-state index contributed by atoms with van der Waals surface area (Å²) in [5.41, 5.74) is 4.12. The summed E-state index contributed by atoms with van der Waals surface area (Å²) in [7, 11) is 7.19. The second-order valence-corrected chi connectivity index (χ2v) is 7.25. The van der Waals surface area contributed by atoms with Gasteiger partial charge in [0, 0.05) is 50.9 Å². The van der Waals surface area contributed by atoms with E-state index < -0.39 is 17.7 Å². The molecule has 32 heavy (non-hydrogen) atoms. The Morgan fingerprint density at radius 2 is 2.00 bits per heavy atom. The van der Waals surface area contributed by atoms with Gasteiger partial charge in [0.25, 0.3) is 5.97 Å². The monoisotopic (exact) mass is 445 g/mol. The lowest BCUT2D eigenvalue weighted by atomic mass is 10.1. The fraction of sp³-hybridized carbons (Fsp3) is 0.333.